The average molecular weight is 263 g/mol. The summed E-state index contributed by atoms with van der Waals surface area (Å²) in [6.45, 7) is 4.23. The summed E-state index contributed by atoms with van der Waals surface area (Å²) >= 11 is 0. The molecule has 0 saturated carbocycles. The van der Waals surface area contributed by atoms with Crippen LogP contribution in [0.4, 0.5) is 0 Å². The minimum Gasteiger partial charge on any atom is -0.504 e. The molecular formula is C16H25NO2. The summed E-state index contributed by atoms with van der Waals surface area (Å²) in [6, 6.07) is 0.00686. The third kappa shape index (κ3) is 2.44. The second-order valence-electron chi connectivity index (χ2n) is 5.55. The van der Waals surface area contributed by atoms with Crippen LogP contribution < -0.4 is 5.73 Å². The highest BCUT2D eigenvalue weighted by Crippen LogP contribution is 2.45. The number of rotatable bonds is 4. The molecule has 1 aliphatic carbocycles. The SMILES string of the molecule is CCCc1c(O)c(O)c2c(c1CCC)C(N)CCC2. The lowest BCUT2D eigenvalue weighted by Crippen LogP contribution is -2.21. The summed E-state index contributed by atoms with van der Waals surface area (Å²) in [7, 11) is 0. The van der Waals surface area contributed by atoms with Crippen molar-refractivity contribution < 1.29 is 10.2 Å². The number of phenolic OH excluding ortho intramolecular Hbond substituents is 2. The number of phenols is 2. The maximum absolute atomic E-state index is 10.3. The highest BCUT2D eigenvalue weighted by Gasteiger charge is 2.28. The Bertz CT molecular complexity index is 469. The predicted octanol–water partition coefficient (Wildman–Crippen LogP) is 3.34. The Hall–Kier alpha value is -1.22. The molecule has 0 saturated heterocycles. The van der Waals surface area contributed by atoms with Crippen LogP contribution in [0.1, 0.15) is 67.8 Å². The van der Waals surface area contributed by atoms with Crippen molar-refractivity contribution in [1.82, 2.24) is 0 Å². The molecule has 0 radical (unpaired) electrons. The van der Waals surface area contributed by atoms with Gasteiger partial charge in [-0.25, -0.2) is 0 Å². The maximum atomic E-state index is 10.3. The van der Waals surface area contributed by atoms with Crippen molar-refractivity contribution in [2.24, 2.45) is 5.73 Å². The Morgan fingerprint density at radius 1 is 1.05 bits per heavy atom. The van der Waals surface area contributed by atoms with Crippen molar-refractivity contribution in [3.63, 3.8) is 0 Å². The van der Waals surface area contributed by atoms with Crippen LogP contribution in [0, 0.1) is 0 Å². The molecule has 3 heteroatoms. The quantitative estimate of drug-likeness (QED) is 0.730. The molecule has 1 aromatic carbocycles. The van der Waals surface area contributed by atoms with E-state index in [9.17, 15) is 10.2 Å². The molecule has 0 heterocycles. The second kappa shape index (κ2) is 5.83. The van der Waals surface area contributed by atoms with Gasteiger partial charge < -0.3 is 15.9 Å². The van der Waals surface area contributed by atoms with E-state index in [2.05, 4.69) is 13.8 Å². The molecular weight excluding hydrogens is 238 g/mol. The van der Waals surface area contributed by atoms with Gasteiger partial charge in [-0.15, -0.1) is 0 Å². The Kier molecular flexibility index (Phi) is 4.35. The van der Waals surface area contributed by atoms with E-state index in [0.717, 1.165) is 61.6 Å². The minimum atomic E-state index is 0.00686. The standard InChI is InChI=1S/C16H25NO2/c1-3-6-10-11(7-4-2)15(18)16(19)12-8-5-9-13(17)14(10)12/h13,18-19H,3-9,17H2,1-2H3. The number of hydrogen-bond acceptors (Lipinski definition) is 3. The largest absolute Gasteiger partial charge is 0.504 e. The van der Waals surface area contributed by atoms with Gasteiger partial charge in [-0.2, -0.15) is 0 Å². The van der Waals surface area contributed by atoms with Gasteiger partial charge in [0, 0.05) is 17.2 Å². The van der Waals surface area contributed by atoms with Crippen LogP contribution in [0.25, 0.3) is 0 Å². The number of nitrogens with two attached hydrogens (primary N) is 1. The highest BCUT2D eigenvalue weighted by atomic mass is 16.3. The van der Waals surface area contributed by atoms with Crippen LogP contribution in [0.3, 0.4) is 0 Å². The van der Waals surface area contributed by atoms with Crippen molar-refractivity contribution in [3.05, 3.63) is 22.3 Å². The lowest BCUT2D eigenvalue weighted by Gasteiger charge is -2.29. The van der Waals surface area contributed by atoms with E-state index in [-0.39, 0.29) is 17.5 Å². The smallest absolute Gasteiger partial charge is 0.161 e. The Morgan fingerprint density at radius 3 is 2.32 bits per heavy atom. The van der Waals surface area contributed by atoms with E-state index in [1.807, 2.05) is 0 Å². The molecule has 0 amide bonds. The first-order valence-electron chi connectivity index (χ1n) is 7.45. The summed E-state index contributed by atoms with van der Waals surface area (Å²) in [5, 5.41) is 20.5. The molecule has 19 heavy (non-hydrogen) atoms. The third-order valence-electron chi connectivity index (χ3n) is 4.12. The fraction of sp³-hybridized carbons (Fsp3) is 0.625. The highest BCUT2D eigenvalue weighted by molar-refractivity contribution is 5.60. The van der Waals surface area contributed by atoms with Crippen molar-refractivity contribution in [3.8, 4) is 11.5 Å². The van der Waals surface area contributed by atoms with Gasteiger partial charge in [-0.05, 0) is 43.2 Å². The first-order valence-corrected chi connectivity index (χ1v) is 7.45. The summed E-state index contributed by atoms with van der Waals surface area (Å²) < 4.78 is 0. The molecule has 1 aliphatic rings. The van der Waals surface area contributed by atoms with E-state index in [1.54, 1.807) is 0 Å². The average Bonchev–Trinajstić information content (AvgIpc) is 2.40. The summed E-state index contributed by atoms with van der Waals surface area (Å²) in [6.07, 6.45) is 6.50. The van der Waals surface area contributed by atoms with Crippen LogP contribution in [-0.2, 0) is 19.3 Å². The second-order valence-corrected chi connectivity index (χ2v) is 5.55. The Labute approximate surface area is 115 Å². The monoisotopic (exact) mass is 263 g/mol. The summed E-state index contributed by atoms with van der Waals surface area (Å²) in [4.78, 5) is 0. The zero-order chi connectivity index (χ0) is 14.0. The maximum Gasteiger partial charge on any atom is 0.161 e. The van der Waals surface area contributed by atoms with Gasteiger partial charge in [0.1, 0.15) is 0 Å². The zero-order valence-electron chi connectivity index (χ0n) is 12.0. The number of benzene rings is 1. The molecule has 106 valence electrons. The van der Waals surface area contributed by atoms with Gasteiger partial charge in [0.25, 0.3) is 0 Å². The molecule has 0 fully saturated rings. The first-order chi connectivity index (χ1) is 9.11. The van der Waals surface area contributed by atoms with Crippen LogP contribution in [0.15, 0.2) is 0 Å². The van der Waals surface area contributed by atoms with Gasteiger partial charge in [0.05, 0.1) is 0 Å². The van der Waals surface area contributed by atoms with Gasteiger partial charge in [-0.1, -0.05) is 26.7 Å². The van der Waals surface area contributed by atoms with Crippen molar-refractivity contribution >= 4 is 0 Å². The van der Waals surface area contributed by atoms with E-state index in [0.29, 0.717) is 0 Å². The summed E-state index contributed by atoms with van der Waals surface area (Å²) in [5.74, 6) is 0.173. The fourth-order valence-corrected chi connectivity index (χ4v) is 3.30. The molecule has 1 aromatic rings. The van der Waals surface area contributed by atoms with Gasteiger partial charge in [0.2, 0.25) is 0 Å². The van der Waals surface area contributed by atoms with Crippen LogP contribution in [0.5, 0.6) is 11.5 Å². The fourth-order valence-electron chi connectivity index (χ4n) is 3.30. The van der Waals surface area contributed by atoms with E-state index in [1.165, 1.54) is 5.56 Å². The molecule has 2 rings (SSSR count). The number of aromatic hydroxyl groups is 2. The Morgan fingerprint density at radius 2 is 1.68 bits per heavy atom. The topological polar surface area (TPSA) is 66.5 Å². The van der Waals surface area contributed by atoms with Crippen LogP contribution >= 0.6 is 0 Å². The molecule has 0 aliphatic heterocycles. The minimum absolute atomic E-state index is 0.00686. The summed E-state index contributed by atoms with van der Waals surface area (Å²) in [5.41, 5.74) is 10.4. The first kappa shape index (κ1) is 14.2. The van der Waals surface area contributed by atoms with Crippen molar-refractivity contribution in [2.45, 2.75) is 64.8 Å². The number of fused-ring (bicyclic) bond motifs is 1. The van der Waals surface area contributed by atoms with Gasteiger partial charge in [0.15, 0.2) is 11.5 Å². The molecule has 0 bridgehead atoms. The zero-order valence-corrected chi connectivity index (χ0v) is 12.0. The third-order valence-corrected chi connectivity index (χ3v) is 4.12. The predicted molar refractivity (Wildman–Crippen MR) is 77.6 cm³/mol. The van der Waals surface area contributed by atoms with E-state index in [4.69, 9.17) is 5.73 Å². The van der Waals surface area contributed by atoms with Crippen molar-refractivity contribution in [2.75, 3.05) is 0 Å². The molecule has 0 spiro atoms. The van der Waals surface area contributed by atoms with Crippen LogP contribution in [0.2, 0.25) is 0 Å². The van der Waals surface area contributed by atoms with E-state index < -0.39 is 0 Å². The lowest BCUT2D eigenvalue weighted by molar-refractivity contribution is 0.387. The molecule has 1 atom stereocenters. The molecule has 3 nitrogen and oxygen atoms in total. The molecule has 0 aromatic heterocycles. The van der Waals surface area contributed by atoms with Gasteiger partial charge in [-0.3, -0.25) is 0 Å². The van der Waals surface area contributed by atoms with Crippen LogP contribution in [-0.4, -0.2) is 10.2 Å². The van der Waals surface area contributed by atoms with Crippen molar-refractivity contribution in [1.29, 1.82) is 0 Å². The van der Waals surface area contributed by atoms with E-state index >= 15 is 0 Å². The molecule has 1 unspecified atom stereocenters. The Balaban J connectivity index is 2.67. The number of hydrogen-bond donors (Lipinski definition) is 3. The molecule has 4 N–H and O–H groups in total. The lowest BCUT2D eigenvalue weighted by atomic mass is 9.80. The van der Waals surface area contributed by atoms with Gasteiger partial charge >= 0.3 is 0 Å². The normalized spacial score (nSPS) is 18.4.